The van der Waals surface area contributed by atoms with E-state index in [-0.39, 0.29) is 24.5 Å². The number of amides is 1. The molecule has 1 amide bonds. The van der Waals surface area contributed by atoms with Crippen LogP contribution in [0.4, 0.5) is 0 Å². The Hall–Kier alpha value is -2.52. The van der Waals surface area contributed by atoms with Crippen LogP contribution in [-0.4, -0.2) is 65.5 Å². The predicted octanol–water partition coefficient (Wildman–Crippen LogP) is 3.02. The molecule has 30 heavy (non-hydrogen) atoms. The van der Waals surface area contributed by atoms with Crippen molar-refractivity contribution in [1.29, 1.82) is 0 Å². The predicted molar refractivity (Wildman–Crippen MR) is 115 cm³/mol. The van der Waals surface area contributed by atoms with Crippen LogP contribution in [0.15, 0.2) is 28.7 Å². The molecule has 0 aliphatic carbocycles. The minimum absolute atomic E-state index is 0.0981. The molecule has 8 nitrogen and oxygen atoms in total. The zero-order valence-electron chi connectivity index (χ0n) is 17.8. The van der Waals surface area contributed by atoms with Crippen LogP contribution in [-0.2, 0) is 14.4 Å². The van der Waals surface area contributed by atoms with E-state index in [0.29, 0.717) is 32.2 Å². The molecule has 1 fully saturated rings. The van der Waals surface area contributed by atoms with Gasteiger partial charge in [-0.2, -0.15) is 4.98 Å². The van der Waals surface area contributed by atoms with Crippen molar-refractivity contribution >= 4 is 23.0 Å². The van der Waals surface area contributed by atoms with Gasteiger partial charge in [-0.15, -0.1) is 11.3 Å². The number of ether oxygens (including phenoxy) is 2. The molecule has 162 valence electrons. The maximum absolute atomic E-state index is 12.5. The molecule has 0 N–H and O–H groups in total. The fraction of sp³-hybridized carbons (Fsp3) is 0.524. The summed E-state index contributed by atoms with van der Waals surface area (Å²) in [4.78, 5) is 29.3. The Morgan fingerprint density at radius 3 is 3.00 bits per heavy atom. The molecule has 2 aromatic rings. The van der Waals surface area contributed by atoms with Crippen LogP contribution < -0.4 is 4.74 Å². The number of carbonyl (C=O) groups is 1. The van der Waals surface area contributed by atoms with E-state index in [2.05, 4.69) is 15.1 Å². The van der Waals surface area contributed by atoms with E-state index in [9.17, 15) is 4.79 Å². The number of hydrogen-bond acceptors (Lipinski definition) is 8. The Kier molecular flexibility index (Phi) is 7.75. The summed E-state index contributed by atoms with van der Waals surface area (Å²) in [6.07, 6.45) is -0.225. The third-order valence-electron chi connectivity index (χ3n) is 4.54. The summed E-state index contributed by atoms with van der Waals surface area (Å²) in [5.74, 6) is 1.38. The molecule has 3 heterocycles. The molecule has 0 bridgehead atoms. The van der Waals surface area contributed by atoms with Gasteiger partial charge in [-0.1, -0.05) is 25.1 Å². The van der Waals surface area contributed by atoms with Crippen molar-refractivity contribution in [2.45, 2.75) is 39.7 Å². The van der Waals surface area contributed by atoms with Crippen LogP contribution in [0.1, 0.15) is 43.1 Å². The zero-order valence-corrected chi connectivity index (χ0v) is 18.6. The fourth-order valence-electron chi connectivity index (χ4n) is 2.92. The molecule has 0 aromatic carbocycles. The first-order chi connectivity index (χ1) is 14.4. The molecule has 2 aromatic heterocycles. The second kappa shape index (κ2) is 10.5. The van der Waals surface area contributed by atoms with Crippen molar-refractivity contribution in [3.63, 3.8) is 0 Å². The van der Waals surface area contributed by atoms with Crippen LogP contribution in [0.2, 0.25) is 0 Å². The van der Waals surface area contributed by atoms with Crippen LogP contribution in [0.5, 0.6) is 5.88 Å². The van der Waals surface area contributed by atoms with Gasteiger partial charge in [-0.05, 0) is 25.3 Å². The first-order valence-electron chi connectivity index (χ1n) is 10.0. The maximum Gasteiger partial charge on any atom is 0.263 e. The van der Waals surface area contributed by atoms with Gasteiger partial charge in [0.05, 0.1) is 23.7 Å². The van der Waals surface area contributed by atoms with Crippen molar-refractivity contribution in [2.24, 2.45) is 5.16 Å². The molecule has 9 heteroatoms. The summed E-state index contributed by atoms with van der Waals surface area (Å²) < 4.78 is 11.6. The molecule has 1 aliphatic heterocycles. The average Bonchev–Trinajstić information content (AvgIpc) is 3.27. The molecule has 0 saturated carbocycles. The van der Waals surface area contributed by atoms with Gasteiger partial charge >= 0.3 is 0 Å². The maximum atomic E-state index is 12.5. The summed E-state index contributed by atoms with van der Waals surface area (Å²) >= 11 is 1.58. The largest absolute Gasteiger partial charge is 0.475 e. The quantitative estimate of drug-likeness (QED) is 0.471. The second-order valence-electron chi connectivity index (χ2n) is 7.43. The van der Waals surface area contributed by atoms with Gasteiger partial charge in [-0.3, -0.25) is 4.79 Å². The molecule has 0 radical (unpaired) electrons. The van der Waals surface area contributed by atoms with E-state index in [1.165, 1.54) is 0 Å². The third-order valence-corrected chi connectivity index (χ3v) is 5.52. The van der Waals surface area contributed by atoms with Crippen LogP contribution in [0.25, 0.3) is 0 Å². The lowest BCUT2D eigenvalue weighted by Crippen LogP contribution is -2.48. The molecule has 1 aliphatic rings. The van der Waals surface area contributed by atoms with E-state index in [0.717, 1.165) is 22.1 Å². The Morgan fingerprint density at radius 1 is 1.43 bits per heavy atom. The van der Waals surface area contributed by atoms with E-state index in [1.54, 1.807) is 22.3 Å². The first-order valence-corrected chi connectivity index (χ1v) is 10.9. The average molecular weight is 433 g/mol. The number of thiophene rings is 1. The van der Waals surface area contributed by atoms with Gasteiger partial charge in [0.15, 0.2) is 6.61 Å². The Balaban J connectivity index is 1.48. The van der Waals surface area contributed by atoms with Gasteiger partial charge < -0.3 is 19.2 Å². The molecule has 0 spiro atoms. The van der Waals surface area contributed by atoms with Crippen molar-refractivity contribution in [3.8, 4) is 5.88 Å². The van der Waals surface area contributed by atoms with Crippen LogP contribution in [0, 0.1) is 6.92 Å². The normalized spacial score (nSPS) is 17.3. The topological polar surface area (TPSA) is 86.1 Å². The summed E-state index contributed by atoms with van der Waals surface area (Å²) in [6.45, 7) is 9.50. The van der Waals surface area contributed by atoms with Crippen molar-refractivity contribution in [3.05, 3.63) is 40.0 Å². The monoisotopic (exact) mass is 432 g/mol. The van der Waals surface area contributed by atoms with Crippen molar-refractivity contribution in [2.75, 3.05) is 32.9 Å². The SMILES string of the molecule is C/C(=N/OCC(=O)N1CCOC(COc2cc(C)nc(C(C)C)n2)C1)c1cccs1. The van der Waals surface area contributed by atoms with Crippen molar-refractivity contribution < 1.29 is 19.1 Å². The highest BCUT2D eigenvalue weighted by Crippen LogP contribution is 2.16. The number of hydrogen-bond donors (Lipinski definition) is 0. The van der Waals surface area contributed by atoms with Crippen molar-refractivity contribution in [1.82, 2.24) is 14.9 Å². The Labute approximate surface area is 180 Å². The smallest absolute Gasteiger partial charge is 0.263 e. The summed E-state index contributed by atoms with van der Waals surface area (Å²) in [5, 5.41) is 6.01. The summed E-state index contributed by atoms with van der Waals surface area (Å²) in [7, 11) is 0. The summed E-state index contributed by atoms with van der Waals surface area (Å²) in [6, 6.07) is 5.72. The molecule has 1 atom stereocenters. The number of rotatable bonds is 8. The van der Waals surface area contributed by atoms with Gasteiger partial charge in [0.2, 0.25) is 5.88 Å². The number of nitrogens with zero attached hydrogens (tertiary/aromatic N) is 4. The molecular formula is C21H28N4O4S. The number of aromatic nitrogens is 2. The standard InChI is InChI=1S/C21H28N4O4S/c1-14(2)21-22-15(3)10-19(23-21)28-12-17-11-25(7-8-27-17)20(26)13-29-24-16(4)18-6-5-9-30-18/h5-6,9-10,14,17H,7-8,11-13H2,1-4H3/b24-16-. The second-order valence-corrected chi connectivity index (χ2v) is 8.38. The number of aryl methyl sites for hydroxylation is 1. The van der Waals surface area contributed by atoms with E-state index < -0.39 is 0 Å². The molecular weight excluding hydrogens is 404 g/mol. The van der Waals surface area contributed by atoms with Crippen LogP contribution in [0.3, 0.4) is 0 Å². The van der Waals surface area contributed by atoms with E-state index >= 15 is 0 Å². The zero-order chi connectivity index (χ0) is 21.5. The third kappa shape index (κ3) is 6.24. The van der Waals surface area contributed by atoms with Gasteiger partial charge in [0, 0.05) is 24.2 Å². The lowest BCUT2D eigenvalue weighted by Gasteiger charge is -2.32. The van der Waals surface area contributed by atoms with Gasteiger partial charge in [0.25, 0.3) is 5.91 Å². The minimum Gasteiger partial charge on any atom is -0.475 e. The van der Waals surface area contributed by atoms with Crippen LogP contribution >= 0.6 is 11.3 Å². The highest BCUT2D eigenvalue weighted by atomic mass is 32.1. The van der Waals surface area contributed by atoms with E-state index in [4.69, 9.17) is 14.3 Å². The number of carbonyl (C=O) groups excluding carboxylic acids is 1. The molecule has 3 rings (SSSR count). The minimum atomic E-state index is -0.225. The first kappa shape index (κ1) is 22.2. The Morgan fingerprint density at radius 2 is 2.27 bits per heavy atom. The fourth-order valence-corrected chi connectivity index (χ4v) is 3.59. The van der Waals surface area contributed by atoms with E-state index in [1.807, 2.05) is 45.2 Å². The highest BCUT2D eigenvalue weighted by molar-refractivity contribution is 7.12. The molecule has 1 unspecified atom stereocenters. The number of oxime groups is 1. The summed E-state index contributed by atoms with van der Waals surface area (Å²) in [5.41, 5.74) is 1.62. The van der Waals surface area contributed by atoms with Gasteiger partial charge in [-0.25, -0.2) is 4.98 Å². The lowest BCUT2D eigenvalue weighted by atomic mass is 10.2. The molecule has 1 saturated heterocycles. The Bertz CT molecular complexity index is 870. The van der Waals surface area contributed by atoms with Gasteiger partial charge in [0.1, 0.15) is 18.5 Å². The highest BCUT2D eigenvalue weighted by Gasteiger charge is 2.25. The number of morpholine rings is 1. The lowest BCUT2D eigenvalue weighted by molar-refractivity contribution is -0.144.